The van der Waals surface area contributed by atoms with E-state index in [2.05, 4.69) is 38.2 Å². The number of rotatable bonds is 68. The van der Waals surface area contributed by atoms with Crippen molar-refractivity contribution in [2.75, 3.05) is 47.5 Å². The van der Waals surface area contributed by atoms with Gasteiger partial charge in [-0.05, 0) is 44.9 Å². The van der Waals surface area contributed by atoms with Gasteiger partial charge in [0, 0.05) is 12.8 Å². The van der Waals surface area contributed by atoms with Gasteiger partial charge in [0.05, 0.1) is 40.3 Å². The van der Waals surface area contributed by atoms with E-state index in [9.17, 15) is 19.5 Å². The molecule has 0 aliphatic heterocycles. The second-order valence-corrected chi connectivity index (χ2v) is 25.9. The van der Waals surface area contributed by atoms with Crippen LogP contribution in [0.5, 0.6) is 0 Å². The predicted molar refractivity (Wildman–Crippen MR) is 348 cm³/mol. The van der Waals surface area contributed by atoms with Crippen LogP contribution in [0.15, 0.2) is 24.3 Å². The molecule has 9 nitrogen and oxygen atoms in total. The first-order valence-corrected chi connectivity index (χ1v) is 36.0. The number of carboxylic acids is 1. The molecule has 9 heteroatoms. The van der Waals surface area contributed by atoms with E-state index in [0.29, 0.717) is 23.9 Å². The van der Waals surface area contributed by atoms with E-state index in [1.807, 2.05) is 21.1 Å². The molecule has 0 fully saturated rings. The molecule has 82 heavy (non-hydrogen) atoms. The van der Waals surface area contributed by atoms with Crippen LogP contribution in [0, 0.1) is 0 Å². The number of unbranched alkanes of at least 4 members (excludes halogenated alkanes) is 49. The number of carbonyl (C=O) groups is 3. The molecule has 0 rings (SSSR count). The van der Waals surface area contributed by atoms with Crippen molar-refractivity contribution in [2.45, 2.75) is 379 Å². The number of carbonyl (C=O) groups excluding carboxylic acids is 3. The number of allylic oxidation sites excluding steroid dienone is 4. The number of ether oxygens (including phenoxy) is 4. The van der Waals surface area contributed by atoms with Gasteiger partial charge >= 0.3 is 11.9 Å². The second kappa shape index (κ2) is 64.8. The fourth-order valence-corrected chi connectivity index (χ4v) is 10.9. The molecule has 2 atom stereocenters. The van der Waals surface area contributed by atoms with Crippen molar-refractivity contribution in [3.05, 3.63) is 24.3 Å². The summed E-state index contributed by atoms with van der Waals surface area (Å²) in [5.74, 6) is -2.27. The molecule has 0 radical (unpaired) electrons. The Morgan fingerprint density at radius 1 is 0.366 bits per heavy atom. The maximum atomic E-state index is 12.9. The van der Waals surface area contributed by atoms with Crippen molar-refractivity contribution in [1.82, 2.24) is 0 Å². The molecule has 484 valence electrons. The van der Waals surface area contributed by atoms with Crippen LogP contribution < -0.4 is 5.11 Å². The Labute approximate surface area is 509 Å². The summed E-state index contributed by atoms with van der Waals surface area (Å²) < 4.78 is 22.8. The lowest BCUT2D eigenvalue weighted by Gasteiger charge is -2.26. The Bertz CT molecular complexity index is 1390. The molecule has 0 aromatic carbocycles. The summed E-state index contributed by atoms with van der Waals surface area (Å²) in [5.41, 5.74) is 0. The third kappa shape index (κ3) is 65.3. The van der Waals surface area contributed by atoms with Gasteiger partial charge in [-0.3, -0.25) is 9.59 Å². The van der Waals surface area contributed by atoms with Gasteiger partial charge in [-0.1, -0.05) is 334 Å². The minimum absolute atomic E-state index is 0.148. The fraction of sp³-hybridized carbons (Fsp3) is 0.904. The third-order valence-corrected chi connectivity index (χ3v) is 16.5. The second-order valence-electron chi connectivity index (χ2n) is 25.9. The van der Waals surface area contributed by atoms with Crippen molar-refractivity contribution in [1.29, 1.82) is 0 Å². The van der Waals surface area contributed by atoms with Gasteiger partial charge in [-0.25, -0.2) is 0 Å². The maximum absolute atomic E-state index is 12.9. The first-order chi connectivity index (χ1) is 40.1. The predicted octanol–water partition coefficient (Wildman–Crippen LogP) is 20.9. The fourth-order valence-electron chi connectivity index (χ4n) is 10.9. The van der Waals surface area contributed by atoms with E-state index in [0.717, 1.165) is 51.4 Å². The van der Waals surface area contributed by atoms with E-state index in [1.54, 1.807) is 0 Å². The summed E-state index contributed by atoms with van der Waals surface area (Å²) in [5, 5.41) is 11.8. The minimum Gasteiger partial charge on any atom is -0.545 e. The first kappa shape index (κ1) is 79.8. The van der Waals surface area contributed by atoms with Crippen LogP contribution in [0.2, 0.25) is 0 Å². The zero-order chi connectivity index (χ0) is 59.8. The van der Waals surface area contributed by atoms with Crippen molar-refractivity contribution in [3.8, 4) is 0 Å². The number of hydrogen-bond acceptors (Lipinski definition) is 8. The molecule has 0 saturated heterocycles. The molecule has 0 aliphatic rings. The number of hydrogen-bond donors (Lipinski definition) is 0. The van der Waals surface area contributed by atoms with E-state index >= 15 is 0 Å². The molecule has 0 aromatic heterocycles. The summed E-state index contributed by atoms with van der Waals surface area (Å²) >= 11 is 0. The van der Waals surface area contributed by atoms with E-state index < -0.39 is 24.3 Å². The van der Waals surface area contributed by atoms with Crippen LogP contribution in [0.25, 0.3) is 0 Å². The lowest BCUT2D eigenvalue weighted by atomic mass is 10.0. The number of quaternary nitrogens is 1. The number of likely N-dealkylation sites (N-methyl/N-ethyl adjacent to an activating group) is 1. The highest BCUT2D eigenvalue weighted by molar-refractivity contribution is 5.70. The molecular weight excluding hydrogens is 1020 g/mol. The largest absolute Gasteiger partial charge is 0.545 e. The highest BCUT2D eigenvalue weighted by Crippen LogP contribution is 2.19. The molecular formula is C73H139NO8. The summed E-state index contributed by atoms with van der Waals surface area (Å²) in [7, 11) is 5.94. The average molecular weight is 1160 g/mol. The van der Waals surface area contributed by atoms with Crippen LogP contribution in [0.4, 0.5) is 0 Å². The average Bonchev–Trinajstić information content (AvgIpc) is 3.45. The van der Waals surface area contributed by atoms with Crippen molar-refractivity contribution in [2.24, 2.45) is 0 Å². The van der Waals surface area contributed by atoms with Gasteiger partial charge in [-0.2, -0.15) is 0 Å². The van der Waals surface area contributed by atoms with Gasteiger partial charge in [0.25, 0.3) is 0 Å². The number of aliphatic carboxylic acids is 1. The zero-order valence-electron chi connectivity index (χ0n) is 55.4. The Hall–Kier alpha value is -2.23. The van der Waals surface area contributed by atoms with Crippen molar-refractivity contribution >= 4 is 17.9 Å². The number of carboxylic acid groups (broad SMARTS) is 1. The minimum atomic E-state index is -1.62. The van der Waals surface area contributed by atoms with Gasteiger partial charge in [0.1, 0.15) is 13.2 Å². The lowest BCUT2D eigenvalue weighted by Crippen LogP contribution is -2.44. The van der Waals surface area contributed by atoms with E-state index in [-0.39, 0.29) is 32.2 Å². The van der Waals surface area contributed by atoms with Gasteiger partial charge < -0.3 is 33.3 Å². The molecule has 0 aliphatic carbocycles. The number of nitrogens with zero attached hydrogens (tertiary/aromatic N) is 1. The topological polar surface area (TPSA) is 111 Å². The summed E-state index contributed by atoms with van der Waals surface area (Å²) in [4.78, 5) is 37.4. The Morgan fingerprint density at radius 2 is 0.659 bits per heavy atom. The molecule has 0 aromatic rings. The molecule has 0 heterocycles. The van der Waals surface area contributed by atoms with Crippen molar-refractivity contribution < 1.29 is 42.9 Å². The van der Waals surface area contributed by atoms with Gasteiger partial charge in [-0.15, -0.1) is 0 Å². The normalized spacial score (nSPS) is 12.7. The monoisotopic (exact) mass is 1160 g/mol. The zero-order valence-corrected chi connectivity index (χ0v) is 55.4. The Morgan fingerprint density at radius 3 is 0.976 bits per heavy atom. The van der Waals surface area contributed by atoms with Gasteiger partial charge in [0.2, 0.25) is 0 Å². The SMILES string of the molecule is CCCCCC/C=C\C/C=C\CCCCCCCCCC(=O)OC(COC(=O)CCCCCCCCCCCCCCCCCCCCCCCCCCCCCCCCCCCCCCCCC)COC(OCC[N+](C)(C)C)C(=O)[O-]. The third-order valence-electron chi connectivity index (χ3n) is 16.5. The van der Waals surface area contributed by atoms with E-state index in [4.69, 9.17) is 18.9 Å². The number of esters is 2. The molecule has 0 N–H and O–H groups in total. The highest BCUT2D eigenvalue weighted by atomic mass is 16.7. The first-order valence-electron chi connectivity index (χ1n) is 36.0. The molecule has 0 bridgehead atoms. The summed E-state index contributed by atoms with van der Waals surface area (Å²) in [6.07, 6.45) is 77.2. The Kier molecular flexibility index (Phi) is 63.0. The van der Waals surface area contributed by atoms with Crippen LogP contribution in [-0.2, 0) is 33.3 Å². The summed E-state index contributed by atoms with van der Waals surface area (Å²) in [6, 6.07) is 0. The molecule has 2 unspecified atom stereocenters. The van der Waals surface area contributed by atoms with Crippen LogP contribution >= 0.6 is 0 Å². The van der Waals surface area contributed by atoms with Crippen LogP contribution in [0.1, 0.15) is 367 Å². The summed E-state index contributed by atoms with van der Waals surface area (Å²) in [6.45, 7) is 4.78. The molecule has 0 amide bonds. The molecule has 0 saturated carbocycles. The highest BCUT2D eigenvalue weighted by Gasteiger charge is 2.22. The molecule has 0 spiro atoms. The van der Waals surface area contributed by atoms with E-state index in [1.165, 1.54) is 283 Å². The van der Waals surface area contributed by atoms with Gasteiger partial charge in [0.15, 0.2) is 12.4 Å². The van der Waals surface area contributed by atoms with Crippen molar-refractivity contribution in [3.63, 3.8) is 0 Å². The Balaban J connectivity index is 3.91. The van der Waals surface area contributed by atoms with Crippen LogP contribution in [0.3, 0.4) is 0 Å². The maximum Gasteiger partial charge on any atom is 0.306 e. The quantitative estimate of drug-likeness (QED) is 0.0195. The smallest absolute Gasteiger partial charge is 0.306 e. The standard InChI is InChI=1S/C73H139NO8/c1-6-8-10-12-14-16-18-20-22-24-26-27-28-29-30-31-32-33-34-35-36-37-38-39-40-41-42-43-44-45-46-48-49-51-53-55-57-59-61-63-70(75)80-67-69(68-81-73(72(77)78)79-66-65-74(3,4)5)82-71(76)64-62-60-58-56-54-52-50-47-25-23-21-19-17-15-13-11-9-7-2/h17,19,23,25,69,73H,6-16,18,20-22,24,26-68H2,1-5H3/b19-17-,25-23-. The lowest BCUT2D eigenvalue weighted by molar-refractivity contribution is -0.870. The van der Waals surface area contributed by atoms with Crippen LogP contribution in [-0.4, -0.2) is 82.3 Å².